The van der Waals surface area contributed by atoms with Gasteiger partial charge in [0, 0.05) is 29.0 Å². The van der Waals surface area contributed by atoms with Crippen LogP contribution in [0.5, 0.6) is 0 Å². The Balaban J connectivity index is 1.32. The van der Waals surface area contributed by atoms with Gasteiger partial charge >= 0.3 is 6.03 Å². The molecular weight excluding hydrogens is 414 g/mol. The van der Waals surface area contributed by atoms with E-state index < -0.39 is 0 Å². The number of nitrogens with zero attached hydrogens (tertiary/aromatic N) is 1. The van der Waals surface area contributed by atoms with Gasteiger partial charge in [-0.15, -0.1) is 11.3 Å². The molecule has 2 N–H and O–H groups in total. The van der Waals surface area contributed by atoms with Gasteiger partial charge in [0.15, 0.2) is 0 Å². The van der Waals surface area contributed by atoms with E-state index in [1.165, 1.54) is 16.0 Å². The van der Waals surface area contributed by atoms with Crippen LogP contribution in [0, 0.1) is 0 Å². The third kappa shape index (κ3) is 5.32. The zero-order valence-corrected chi connectivity index (χ0v) is 16.9. The van der Waals surface area contributed by atoms with Gasteiger partial charge in [0.1, 0.15) is 0 Å². The molecule has 0 spiro atoms. The molecule has 0 bridgehead atoms. The minimum absolute atomic E-state index is 0.0360. The number of nitrogens with one attached hydrogen (secondary N) is 2. The molecule has 0 atom stereocenters. The number of rotatable bonds is 6. The van der Waals surface area contributed by atoms with Crippen molar-refractivity contribution in [1.29, 1.82) is 0 Å². The second kappa shape index (κ2) is 9.19. The number of hydrogen-bond donors (Lipinski definition) is 2. The number of urea groups is 1. The first kappa shape index (κ1) is 18.9. The van der Waals surface area contributed by atoms with Crippen LogP contribution in [0.3, 0.4) is 0 Å². The molecule has 1 aromatic carbocycles. The van der Waals surface area contributed by atoms with E-state index >= 15 is 0 Å². The Labute approximate surface area is 165 Å². The Hall–Kier alpha value is -1.86. The zero-order valence-electron chi connectivity index (χ0n) is 14.5. The SMILES string of the molecule is O=C(NCCCc1cccc(Br)c1)NCC(=O)N1CCc2sccc2C1. The molecule has 3 rings (SSSR count). The molecule has 0 unspecified atom stereocenters. The van der Waals surface area contributed by atoms with Gasteiger partial charge in [-0.2, -0.15) is 0 Å². The van der Waals surface area contributed by atoms with Crippen molar-refractivity contribution in [2.75, 3.05) is 19.6 Å². The average Bonchev–Trinajstić information content (AvgIpc) is 3.11. The normalized spacial score (nSPS) is 13.2. The van der Waals surface area contributed by atoms with Crippen LogP contribution in [-0.2, 0) is 24.2 Å². The standard InChI is InChI=1S/C19H22BrN3O2S/c20-16-5-1-3-14(11-16)4-2-8-21-19(25)22-12-18(24)23-9-6-17-15(13-23)7-10-26-17/h1,3,5,7,10-11H,2,4,6,8-9,12-13H2,(H2,21,22,25). The highest BCUT2D eigenvalue weighted by atomic mass is 79.9. The largest absolute Gasteiger partial charge is 0.338 e. The van der Waals surface area contributed by atoms with Gasteiger partial charge in [-0.1, -0.05) is 28.1 Å². The predicted molar refractivity (Wildman–Crippen MR) is 107 cm³/mol. The number of aryl methyl sites for hydroxylation is 1. The van der Waals surface area contributed by atoms with E-state index in [1.807, 2.05) is 17.0 Å². The third-order valence-corrected chi connectivity index (χ3v) is 5.89. The second-order valence-corrected chi connectivity index (χ2v) is 8.19. The highest BCUT2D eigenvalue weighted by Crippen LogP contribution is 2.23. The van der Waals surface area contributed by atoms with Gasteiger partial charge in [-0.3, -0.25) is 4.79 Å². The van der Waals surface area contributed by atoms with Crippen LogP contribution in [0.15, 0.2) is 40.2 Å². The number of benzene rings is 1. The molecule has 5 nitrogen and oxygen atoms in total. The van der Waals surface area contributed by atoms with E-state index in [9.17, 15) is 9.59 Å². The van der Waals surface area contributed by atoms with Crippen molar-refractivity contribution in [3.8, 4) is 0 Å². The Morgan fingerprint density at radius 2 is 2.12 bits per heavy atom. The molecule has 138 valence electrons. The summed E-state index contributed by atoms with van der Waals surface area (Å²) in [5, 5.41) is 7.53. The summed E-state index contributed by atoms with van der Waals surface area (Å²) < 4.78 is 1.06. The number of amides is 3. The maximum atomic E-state index is 12.3. The molecule has 7 heteroatoms. The van der Waals surface area contributed by atoms with E-state index in [4.69, 9.17) is 0 Å². The third-order valence-electron chi connectivity index (χ3n) is 4.38. The molecule has 26 heavy (non-hydrogen) atoms. The smallest absolute Gasteiger partial charge is 0.315 e. The summed E-state index contributed by atoms with van der Waals surface area (Å²) in [6.45, 7) is 1.99. The molecular formula is C19H22BrN3O2S. The minimum Gasteiger partial charge on any atom is -0.338 e. The molecule has 2 heterocycles. The number of carbonyl (C=O) groups is 2. The van der Waals surface area contributed by atoms with E-state index in [1.54, 1.807) is 11.3 Å². The Morgan fingerprint density at radius 3 is 2.96 bits per heavy atom. The molecule has 1 aliphatic rings. The first-order valence-corrected chi connectivity index (χ1v) is 10.4. The van der Waals surface area contributed by atoms with Crippen molar-refractivity contribution < 1.29 is 9.59 Å². The summed E-state index contributed by atoms with van der Waals surface area (Å²) in [6.07, 6.45) is 2.65. The van der Waals surface area contributed by atoms with Crippen molar-refractivity contribution in [3.05, 3.63) is 56.2 Å². The van der Waals surface area contributed by atoms with E-state index in [-0.39, 0.29) is 18.5 Å². The van der Waals surface area contributed by atoms with Crippen LogP contribution in [0.2, 0.25) is 0 Å². The van der Waals surface area contributed by atoms with Gasteiger partial charge in [-0.25, -0.2) is 4.79 Å². The number of hydrogen-bond acceptors (Lipinski definition) is 3. The summed E-state index contributed by atoms with van der Waals surface area (Å²) in [5.41, 5.74) is 2.46. The van der Waals surface area contributed by atoms with E-state index in [2.05, 4.69) is 50.1 Å². The van der Waals surface area contributed by atoms with Crippen LogP contribution in [0.4, 0.5) is 4.79 Å². The summed E-state index contributed by atoms with van der Waals surface area (Å²) in [6, 6.07) is 9.93. The van der Waals surface area contributed by atoms with E-state index in [0.29, 0.717) is 13.1 Å². The molecule has 2 aromatic rings. The fraction of sp³-hybridized carbons (Fsp3) is 0.368. The van der Waals surface area contributed by atoms with Crippen LogP contribution in [-0.4, -0.2) is 36.5 Å². The Morgan fingerprint density at radius 1 is 1.23 bits per heavy atom. The van der Waals surface area contributed by atoms with Crippen molar-refractivity contribution in [2.24, 2.45) is 0 Å². The number of halogens is 1. The van der Waals surface area contributed by atoms with Gasteiger partial charge in [0.2, 0.25) is 5.91 Å². The Bertz CT molecular complexity index is 778. The lowest BCUT2D eigenvalue weighted by molar-refractivity contribution is -0.130. The van der Waals surface area contributed by atoms with Gasteiger partial charge in [-0.05, 0) is 54.0 Å². The average molecular weight is 436 g/mol. The molecule has 0 radical (unpaired) electrons. The van der Waals surface area contributed by atoms with Crippen molar-refractivity contribution >= 4 is 39.2 Å². The highest BCUT2D eigenvalue weighted by Gasteiger charge is 2.21. The zero-order chi connectivity index (χ0) is 18.4. The van der Waals surface area contributed by atoms with Crippen LogP contribution in [0.25, 0.3) is 0 Å². The highest BCUT2D eigenvalue weighted by molar-refractivity contribution is 9.10. The van der Waals surface area contributed by atoms with Crippen LogP contribution in [0.1, 0.15) is 22.4 Å². The van der Waals surface area contributed by atoms with Gasteiger partial charge in [0.25, 0.3) is 0 Å². The molecule has 1 aliphatic heterocycles. The lowest BCUT2D eigenvalue weighted by Crippen LogP contribution is -2.45. The van der Waals surface area contributed by atoms with Gasteiger partial charge < -0.3 is 15.5 Å². The summed E-state index contributed by atoms with van der Waals surface area (Å²) in [5.74, 6) is -0.0360. The first-order chi connectivity index (χ1) is 12.6. The maximum absolute atomic E-state index is 12.3. The minimum atomic E-state index is -0.291. The predicted octanol–water partition coefficient (Wildman–Crippen LogP) is 3.33. The fourth-order valence-electron chi connectivity index (χ4n) is 2.98. The topological polar surface area (TPSA) is 61.4 Å². The molecule has 1 aromatic heterocycles. The van der Waals surface area contributed by atoms with Crippen LogP contribution >= 0.6 is 27.3 Å². The van der Waals surface area contributed by atoms with Crippen molar-refractivity contribution in [2.45, 2.75) is 25.8 Å². The molecule has 3 amide bonds. The fourth-order valence-corrected chi connectivity index (χ4v) is 4.31. The van der Waals surface area contributed by atoms with Gasteiger partial charge in [0.05, 0.1) is 6.54 Å². The first-order valence-electron chi connectivity index (χ1n) is 8.71. The lowest BCUT2D eigenvalue weighted by atomic mass is 10.1. The summed E-state index contributed by atoms with van der Waals surface area (Å²) >= 11 is 5.20. The molecule has 0 fully saturated rings. The quantitative estimate of drug-likeness (QED) is 0.683. The monoisotopic (exact) mass is 435 g/mol. The lowest BCUT2D eigenvalue weighted by Gasteiger charge is -2.27. The summed E-state index contributed by atoms with van der Waals surface area (Å²) in [4.78, 5) is 27.3. The number of thiophene rings is 1. The van der Waals surface area contributed by atoms with Crippen molar-refractivity contribution in [3.63, 3.8) is 0 Å². The van der Waals surface area contributed by atoms with E-state index in [0.717, 1.165) is 30.3 Å². The second-order valence-electron chi connectivity index (χ2n) is 6.28. The van der Waals surface area contributed by atoms with Crippen LogP contribution < -0.4 is 10.6 Å². The molecule has 0 aliphatic carbocycles. The Kier molecular flexibility index (Phi) is 6.68. The van der Waals surface area contributed by atoms with Crippen molar-refractivity contribution in [1.82, 2.24) is 15.5 Å². The molecule has 0 saturated carbocycles. The number of carbonyl (C=O) groups excluding carboxylic acids is 2. The summed E-state index contributed by atoms with van der Waals surface area (Å²) in [7, 11) is 0. The number of fused-ring (bicyclic) bond motifs is 1. The maximum Gasteiger partial charge on any atom is 0.315 e. The molecule has 0 saturated heterocycles.